The molecule has 1 heterocycles. The number of carbonyl (C=O) groups excluding carboxylic acids is 1. The van der Waals surface area contributed by atoms with Crippen molar-refractivity contribution in [1.82, 2.24) is 0 Å². The molecule has 0 aliphatic rings. The van der Waals surface area contributed by atoms with Crippen LogP contribution < -0.4 is 0 Å². The minimum absolute atomic E-state index is 0.171. The molecule has 0 saturated carbocycles. The van der Waals surface area contributed by atoms with Crippen molar-refractivity contribution in [3.8, 4) is 11.8 Å². The maximum Gasteiger partial charge on any atom is 0.458 e. The van der Waals surface area contributed by atoms with Gasteiger partial charge in [-0.3, -0.25) is 4.79 Å². The molecule has 0 aliphatic carbocycles. The summed E-state index contributed by atoms with van der Waals surface area (Å²) in [5.74, 6) is 2.92. The Morgan fingerprint density at radius 2 is 2.07 bits per heavy atom. The first-order chi connectivity index (χ1) is 6.38. The van der Waals surface area contributed by atoms with E-state index in [1.54, 1.807) is 0 Å². The zero-order valence-electron chi connectivity index (χ0n) is 7.11. The van der Waals surface area contributed by atoms with E-state index in [2.05, 4.69) is 0 Å². The van der Waals surface area contributed by atoms with Crippen LogP contribution in [0.2, 0.25) is 0 Å². The molecule has 0 N–H and O–H groups in total. The second kappa shape index (κ2) is 3.84. The highest BCUT2D eigenvalue weighted by Gasteiger charge is 2.23. The molecular weight excluding hydrogens is 213 g/mol. The Morgan fingerprint density at radius 3 is 2.50 bits per heavy atom. The summed E-state index contributed by atoms with van der Waals surface area (Å²) in [6.07, 6.45) is -4.49. The molecule has 0 aromatic carbocycles. The average Bonchev–Trinajstić information content (AvgIpc) is 2.47. The summed E-state index contributed by atoms with van der Waals surface area (Å²) in [6, 6.07) is 2.87. The van der Waals surface area contributed by atoms with Crippen molar-refractivity contribution in [3.63, 3.8) is 0 Å². The number of ketones is 1. The van der Waals surface area contributed by atoms with Gasteiger partial charge in [-0.15, -0.1) is 11.3 Å². The summed E-state index contributed by atoms with van der Waals surface area (Å²) in [6.45, 7) is 1.35. The van der Waals surface area contributed by atoms with Crippen LogP contribution in [0.4, 0.5) is 13.2 Å². The molecule has 0 aliphatic heterocycles. The molecule has 1 rings (SSSR count). The molecular formula is C9H5F3OS. The SMILES string of the molecule is CC(=O)c1ccc(C#CC(F)(F)F)s1. The number of hydrogen-bond donors (Lipinski definition) is 0. The van der Waals surface area contributed by atoms with Crippen LogP contribution in [0.5, 0.6) is 0 Å². The number of halogens is 3. The monoisotopic (exact) mass is 218 g/mol. The first-order valence-corrected chi connectivity index (χ1v) is 4.41. The fourth-order valence-electron chi connectivity index (χ4n) is 0.727. The maximum absolute atomic E-state index is 11.7. The van der Waals surface area contributed by atoms with Crippen LogP contribution in [0.3, 0.4) is 0 Å². The quantitative estimate of drug-likeness (QED) is 0.523. The Kier molecular flexibility index (Phi) is 2.96. The lowest BCUT2D eigenvalue weighted by atomic mass is 10.3. The fourth-order valence-corrected chi connectivity index (χ4v) is 1.48. The highest BCUT2D eigenvalue weighted by Crippen LogP contribution is 2.17. The van der Waals surface area contributed by atoms with E-state index in [9.17, 15) is 18.0 Å². The van der Waals surface area contributed by atoms with E-state index in [1.165, 1.54) is 19.1 Å². The van der Waals surface area contributed by atoms with Crippen molar-refractivity contribution in [3.05, 3.63) is 21.9 Å². The Balaban J connectivity index is 2.87. The zero-order chi connectivity index (χ0) is 10.8. The van der Waals surface area contributed by atoms with Gasteiger partial charge in [0.15, 0.2) is 5.78 Å². The van der Waals surface area contributed by atoms with Gasteiger partial charge in [-0.05, 0) is 25.0 Å². The second-order valence-electron chi connectivity index (χ2n) is 2.47. The highest BCUT2D eigenvalue weighted by atomic mass is 32.1. The van der Waals surface area contributed by atoms with E-state index in [-0.39, 0.29) is 10.7 Å². The van der Waals surface area contributed by atoms with Crippen LogP contribution in [0.15, 0.2) is 12.1 Å². The Morgan fingerprint density at radius 1 is 1.43 bits per heavy atom. The van der Waals surface area contributed by atoms with Gasteiger partial charge in [0, 0.05) is 5.92 Å². The Hall–Kier alpha value is -1.28. The molecule has 1 nitrogen and oxygen atoms in total. The topological polar surface area (TPSA) is 17.1 Å². The maximum atomic E-state index is 11.7. The number of alkyl halides is 3. The normalized spacial score (nSPS) is 10.6. The van der Waals surface area contributed by atoms with E-state index < -0.39 is 6.18 Å². The van der Waals surface area contributed by atoms with Gasteiger partial charge in [-0.1, -0.05) is 0 Å². The van der Waals surface area contributed by atoms with E-state index in [1.807, 2.05) is 5.92 Å². The molecule has 74 valence electrons. The molecule has 1 aromatic rings. The molecule has 0 spiro atoms. The van der Waals surface area contributed by atoms with Crippen molar-refractivity contribution in [2.45, 2.75) is 13.1 Å². The summed E-state index contributed by atoms with van der Waals surface area (Å²) in [7, 11) is 0. The molecule has 0 unspecified atom stereocenters. The molecule has 0 atom stereocenters. The van der Waals surface area contributed by atoms with Crippen LogP contribution in [0.1, 0.15) is 21.5 Å². The van der Waals surface area contributed by atoms with Gasteiger partial charge >= 0.3 is 6.18 Å². The van der Waals surface area contributed by atoms with E-state index in [0.717, 1.165) is 17.3 Å². The second-order valence-corrected chi connectivity index (χ2v) is 3.55. The van der Waals surface area contributed by atoms with E-state index in [4.69, 9.17) is 0 Å². The summed E-state index contributed by atoms with van der Waals surface area (Å²) in [5, 5.41) is 0. The van der Waals surface area contributed by atoms with Crippen molar-refractivity contribution >= 4 is 17.1 Å². The standard InChI is InChI=1S/C9H5F3OS/c1-6(13)8-3-2-7(14-8)4-5-9(10,11)12/h2-3H,1H3. The predicted octanol–water partition coefficient (Wildman–Crippen LogP) is 2.86. The smallest absolute Gasteiger partial charge is 0.294 e. The third-order valence-corrected chi connectivity index (χ3v) is 2.38. The molecule has 0 saturated heterocycles. The molecule has 0 amide bonds. The van der Waals surface area contributed by atoms with Gasteiger partial charge < -0.3 is 0 Å². The number of hydrogen-bond acceptors (Lipinski definition) is 2. The number of carbonyl (C=O) groups is 1. The third-order valence-electron chi connectivity index (χ3n) is 1.28. The van der Waals surface area contributed by atoms with Crippen molar-refractivity contribution in [1.29, 1.82) is 0 Å². The molecule has 0 bridgehead atoms. The summed E-state index contributed by atoms with van der Waals surface area (Å²) in [5.41, 5.74) is 0. The third kappa shape index (κ3) is 3.23. The van der Waals surface area contributed by atoms with Gasteiger partial charge in [0.05, 0.1) is 9.75 Å². The zero-order valence-corrected chi connectivity index (χ0v) is 7.92. The molecule has 5 heteroatoms. The van der Waals surface area contributed by atoms with Crippen molar-refractivity contribution < 1.29 is 18.0 Å². The lowest BCUT2D eigenvalue weighted by Crippen LogP contribution is -2.01. The van der Waals surface area contributed by atoms with Crippen LogP contribution in [-0.2, 0) is 0 Å². The van der Waals surface area contributed by atoms with Crippen LogP contribution in [0.25, 0.3) is 0 Å². The summed E-state index contributed by atoms with van der Waals surface area (Å²) < 4.78 is 35.0. The summed E-state index contributed by atoms with van der Waals surface area (Å²) in [4.78, 5) is 11.5. The minimum atomic E-state index is -4.49. The van der Waals surface area contributed by atoms with E-state index >= 15 is 0 Å². The van der Waals surface area contributed by atoms with Gasteiger partial charge in [0.2, 0.25) is 0 Å². The summed E-state index contributed by atoms with van der Waals surface area (Å²) >= 11 is 0.959. The number of thiophene rings is 1. The lowest BCUT2D eigenvalue weighted by molar-refractivity contribution is -0.0696. The lowest BCUT2D eigenvalue weighted by Gasteiger charge is -1.90. The first kappa shape index (κ1) is 10.8. The average molecular weight is 218 g/mol. The van der Waals surface area contributed by atoms with E-state index in [0.29, 0.717) is 4.88 Å². The first-order valence-electron chi connectivity index (χ1n) is 3.59. The Bertz CT molecular complexity index is 406. The van der Waals surface area contributed by atoms with Crippen molar-refractivity contribution in [2.75, 3.05) is 0 Å². The molecule has 14 heavy (non-hydrogen) atoms. The predicted molar refractivity (Wildman–Crippen MR) is 47.3 cm³/mol. The Labute approximate surface area is 82.6 Å². The van der Waals surface area contributed by atoms with Gasteiger partial charge in [-0.25, -0.2) is 0 Å². The number of Topliss-reactive ketones (excluding diaryl/α,β-unsaturated/α-hetero) is 1. The highest BCUT2D eigenvalue weighted by molar-refractivity contribution is 7.14. The van der Waals surface area contributed by atoms with Crippen LogP contribution in [-0.4, -0.2) is 12.0 Å². The largest absolute Gasteiger partial charge is 0.458 e. The molecule has 1 aromatic heterocycles. The van der Waals surface area contributed by atoms with Crippen molar-refractivity contribution in [2.24, 2.45) is 0 Å². The molecule has 0 fully saturated rings. The van der Waals surface area contributed by atoms with Gasteiger partial charge in [-0.2, -0.15) is 13.2 Å². The number of rotatable bonds is 1. The fraction of sp³-hybridized carbons (Fsp3) is 0.222. The minimum Gasteiger partial charge on any atom is -0.294 e. The van der Waals surface area contributed by atoms with Crippen LogP contribution >= 0.6 is 11.3 Å². The van der Waals surface area contributed by atoms with Gasteiger partial charge in [0.1, 0.15) is 0 Å². The molecule has 0 radical (unpaired) electrons. The van der Waals surface area contributed by atoms with Crippen LogP contribution in [0, 0.1) is 11.8 Å². The van der Waals surface area contributed by atoms with Gasteiger partial charge in [0.25, 0.3) is 0 Å².